The Labute approximate surface area is 164 Å². The Morgan fingerprint density at radius 1 is 1.26 bits per heavy atom. The monoisotopic (exact) mass is 396 g/mol. The number of furan rings is 1. The third-order valence-corrected chi connectivity index (χ3v) is 5.91. The van der Waals surface area contributed by atoms with Crippen LogP contribution in [0.1, 0.15) is 24.7 Å². The second kappa shape index (κ2) is 7.21. The summed E-state index contributed by atoms with van der Waals surface area (Å²) >= 11 is 2.83. The lowest BCUT2D eigenvalue weighted by Crippen LogP contribution is -2.35. The standard InChI is InChI=1S/C19H16N4O2S2/c1-3-15-22-23-17(20)14(18(24)21-19(23)27-15)10-12-6-9-16(25-12)26-13-7-4-11(2)5-8-13/h4-10,20H,3H2,1-2H3/b14-10-,20-17?. The molecule has 8 heteroatoms. The van der Waals surface area contributed by atoms with Crippen LogP contribution in [0.4, 0.5) is 0 Å². The molecule has 1 aromatic carbocycles. The summed E-state index contributed by atoms with van der Waals surface area (Å²) in [6.45, 7) is 4.02. The van der Waals surface area contributed by atoms with Crippen LogP contribution in [-0.4, -0.2) is 27.0 Å². The van der Waals surface area contributed by atoms with E-state index in [1.165, 1.54) is 34.1 Å². The number of fused-ring (bicyclic) bond motifs is 1. The quantitative estimate of drug-likeness (QED) is 0.753. The summed E-state index contributed by atoms with van der Waals surface area (Å²) in [5, 5.41) is 16.0. The lowest BCUT2D eigenvalue weighted by Gasteiger charge is -2.19. The Bertz CT molecular complexity index is 1020. The topological polar surface area (TPSA) is 82.0 Å². The molecule has 2 aliphatic rings. The number of hydrazone groups is 1. The van der Waals surface area contributed by atoms with Gasteiger partial charge >= 0.3 is 0 Å². The van der Waals surface area contributed by atoms with E-state index in [1.807, 2.05) is 44.2 Å². The largest absolute Gasteiger partial charge is 0.450 e. The van der Waals surface area contributed by atoms with E-state index < -0.39 is 5.91 Å². The molecule has 4 rings (SSSR count). The number of amidine groups is 2. The molecule has 136 valence electrons. The van der Waals surface area contributed by atoms with Crippen LogP contribution in [0.3, 0.4) is 0 Å². The van der Waals surface area contributed by atoms with Crippen LogP contribution in [0.15, 0.2) is 66.5 Å². The first kappa shape index (κ1) is 17.8. The van der Waals surface area contributed by atoms with Crippen molar-refractivity contribution in [2.45, 2.75) is 30.3 Å². The number of thioether (sulfide) groups is 1. The van der Waals surface area contributed by atoms with Crippen molar-refractivity contribution in [1.82, 2.24) is 5.01 Å². The lowest BCUT2D eigenvalue weighted by atomic mass is 10.1. The first-order valence-corrected chi connectivity index (χ1v) is 10.00. The highest BCUT2D eigenvalue weighted by molar-refractivity contribution is 8.26. The van der Waals surface area contributed by atoms with Gasteiger partial charge in [0, 0.05) is 4.90 Å². The number of carbonyl (C=O) groups is 1. The maximum Gasteiger partial charge on any atom is 0.283 e. The van der Waals surface area contributed by atoms with Crippen molar-refractivity contribution in [2.24, 2.45) is 10.1 Å². The van der Waals surface area contributed by atoms with Gasteiger partial charge in [-0.05, 0) is 55.4 Å². The maximum atomic E-state index is 12.3. The third-order valence-electron chi connectivity index (χ3n) is 3.93. The number of amides is 1. The molecule has 0 fully saturated rings. The van der Waals surface area contributed by atoms with E-state index in [0.717, 1.165) is 16.4 Å². The SMILES string of the molecule is CCC1=NN2C(=N)/C(=C/c3ccc(Sc4ccc(C)cc4)o3)C(=O)N=C2S1. The normalized spacial score (nSPS) is 18.0. The van der Waals surface area contributed by atoms with Crippen LogP contribution in [0, 0.1) is 12.3 Å². The van der Waals surface area contributed by atoms with Gasteiger partial charge in [0.15, 0.2) is 10.9 Å². The first-order valence-electron chi connectivity index (χ1n) is 8.37. The number of nitrogens with one attached hydrogen (secondary N) is 1. The molecular formula is C19H16N4O2S2. The molecule has 6 nitrogen and oxygen atoms in total. The summed E-state index contributed by atoms with van der Waals surface area (Å²) in [4.78, 5) is 17.5. The highest BCUT2D eigenvalue weighted by Gasteiger charge is 2.35. The molecule has 1 N–H and O–H groups in total. The fourth-order valence-electron chi connectivity index (χ4n) is 2.51. The molecule has 2 aromatic rings. The van der Waals surface area contributed by atoms with E-state index in [2.05, 4.69) is 10.1 Å². The summed E-state index contributed by atoms with van der Waals surface area (Å²) in [6.07, 6.45) is 2.28. The fraction of sp³-hybridized carbons (Fsp3) is 0.158. The number of benzene rings is 1. The minimum absolute atomic E-state index is 0.0186. The molecule has 0 radical (unpaired) electrons. The molecule has 0 unspecified atom stereocenters. The number of aliphatic imine (C=N–C) groups is 1. The second-order valence-corrected chi connectivity index (χ2v) is 8.06. The molecule has 3 heterocycles. The van der Waals surface area contributed by atoms with Gasteiger partial charge < -0.3 is 4.42 Å². The predicted octanol–water partition coefficient (Wildman–Crippen LogP) is 4.77. The van der Waals surface area contributed by atoms with Crippen molar-refractivity contribution in [1.29, 1.82) is 5.41 Å². The molecule has 0 aliphatic carbocycles. The number of carbonyl (C=O) groups excluding carboxylic acids is 1. The summed E-state index contributed by atoms with van der Waals surface area (Å²) in [5.74, 6) is 0.0726. The Morgan fingerprint density at radius 2 is 2.04 bits per heavy atom. The van der Waals surface area contributed by atoms with Crippen molar-refractivity contribution in [3.63, 3.8) is 0 Å². The number of hydrogen-bond acceptors (Lipinski definition) is 6. The van der Waals surface area contributed by atoms with Crippen LogP contribution >= 0.6 is 23.5 Å². The van der Waals surface area contributed by atoms with Gasteiger partial charge in [-0.2, -0.15) is 15.1 Å². The Morgan fingerprint density at radius 3 is 2.78 bits per heavy atom. The molecule has 27 heavy (non-hydrogen) atoms. The molecule has 0 atom stereocenters. The minimum atomic E-state index is -0.449. The van der Waals surface area contributed by atoms with E-state index in [0.29, 0.717) is 16.0 Å². The highest BCUT2D eigenvalue weighted by atomic mass is 32.2. The third kappa shape index (κ3) is 3.63. The fourth-order valence-corrected chi connectivity index (χ4v) is 4.11. The number of rotatable bonds is 4. The van der Waals surface area contributed by atoms with Crippen molar-refractivity contribution >= 4 is 51.6 Å². The van der Waals surface area contributed by atoms with Crippen molar-refractivity contribution < 1.29 is 9.21 Å². The van der Waals surface area contributed by atoms with Crippen LogP contribution < -0.4 is 0 Å². The van der Waals surface area contributed by atoms with Crippen molar-refractivity contribution in [3.8, 4) is 0 Å². The Hall–Kier alpha value is -2.58. The van der Waals surface area contributed by atoms with Gasteiger partial charge in [0.25, 0.3) is 5.91 Å². The summed E-state index contributed by atoms with van der Waals surface area (Å²) in [6, 6.07) is 11.8. The molecule has 1 amide bonds. The summed E-state index contributed by atoms with van der Waals surface area (Å²) in [7, 11) is 0. The lowest BCUT2D eigenvalue weighted by molar-refractivity contribution is -0.114. The Balaban J connectivity index is 1.56. The number of aryl methyl sites for hydroxylation is 1. The van der Waals surface area contributed by atoms with Gasteiger partial charge in [-0.1, -0.05) is 36.4 Å². The van der Waals surface area contributed by atoms with Crippen molar-refractivity contribution in [2.75, 3.05) is 0 Å². The van der Waals surface area contributed by atoms with E-state index in [4.69, 9.17) is 9.83 Å². The van der Waals surface area contributed by atoms with Gasteiger partial charge in [-0.3, -0.25) is 10.2 Å². The maximum absolute atomic E-state index is 12.3. The molecule has 0 bridgehead atoms. The van der Waals surface area contributed by atoms with Crippen LogP contribution in [-0.2, 0) is 4.79 Å². The highest BCUT2D eigenvalue weighted by Crippen LogP contribution is 2.32. The molecule has 1 aromatic heterocycles. The van der Waals surface area contributed by atoms with Gasteiger partial charge in [0.05, 0.1) is 5.57 Å². The average molecular weight is 396 g/mol. The predicted molar refractivity (Wildman–Crippen MR) is 109 cm³/mol. The molecule has 0 saturated heterocycles. The smallest absolute Gasteiger partial charge is 0.283 e. The Kier molecular flexibility index (Phi) is 4.75. The van der Waals surface area contributed by atoms with Gasteiger partial charge in [-0.15, -0.1) is 0 Å². The zero-order valence-corrected chi connectivity index (χ0v) is 16.4. The van der Waals surface area contributed by atoms with Gasteiger partial charge in [0.2, 0.25) is 5.17 Å². The van der Waals surface area contributed by atoms with Gasteiger partial charge in [0.1, 0.15) is 10.8 Å². The van der Waals surface area contributed by atoms with Gasteiger partial charge in [-0.25, -0.2) is 0 Å². The van der Waals surface area contributed by atoms with E-state index >= 15 is 0 Å². The zero-order valence-electron chi connectivity index (χ0n) is 14.7. The molecular weight excluding hydrogens is 380 g/mol. The minimum Gasteiger partial charge on any atom is -0.450 e. The van der Waals surface area contributed by atoms with Crippen LogP contribution in [0.5, 0.6) is 0 Å². The van der Waals surface area contributed by atoms with E-state index in [-0.39, 0.29) is 11.4 Å². The number of nitrogens with zero attached hydrogens (tertiary/aromatic N) is 3. The average Bonchev–Trinajstić information content (AvgIpc) is 3.27. The van der Waals surface area contributed by atoms with E-state index in [1.54, 1.807) is 12.1 Å². The first-order chi connectivity index (χ1) is 13.0. The van der Waals surface area contributed by atoms with E-state index in [9.17, 15) is 4.79 Å². The van der Waals surface area contributed by atoms with Crippen LogP contribution in [0.25, 0.3) is 6.08 Å². The van der Waals surface area contributed by atoms with Crippen molar-refractivity contribution in [3.05, 3.63) is 53.3 Å². The molecule has 0 spiro atoms. The second-order valence-electron chi connectivity index (χ2n) is 5.94. The summed E-state index contributed by atoms with van der Waals surface area (Å²) in [5.41, 5.74) is 1.37. The molecule has 0 saturated carbocycles. The molecule has 2 aliphatic heterocycles. The van der Waals surface area contributed by atoms with Crippen LogP contribution in [0.2, 0.25) is 0 Å². The number of hydrogen-bond donors (Lipinski definition) is 1. The summed E-state index contributed by atoms with van der Waals surface area (Å²) < 4.78 is 5.80. The zero-order chi connectivity index (χ0) is 19.0.